The number of furan rings is 1. The Morgan fingerprint density at radius 1 is 1.38 bits per heavy atom. The molecule has 1 aromatic heterocycles. The molecule has 2 rings (SSSR count). The third-order valence-corrected chi connectivity index (χ3v) is 1.97. The second-order valence-electron chi connectivity index (χ2n) is 2.78. The fraction of sp³-hybridized carbons (Fsp3) is 0.200. The summed E-state index contributed by atoms with van der Waals surface area (Å²) in [5.74, 6) is 0. The van der Waals surface area contributed by atoms with Crippen LogP contribution >= 0.6 is 0 Å². The Morgan fingerprint density at radius 3 is 3.08 bits per heavy atom. The minimum Gasteiger partial charge on any atom is -0.464 e. The summed E-state index contributed by atoms with van der Waals surface area (Å²) in [5, 5.41) is 1.13. The molecule has 0 radical (unpaired) electrons. The molecule has 0 fully saturated rings. The zero-order chi connectivity index (χ0) is 9.10. The van der Waals surface area contributed by atoms with Gasteiger partial charge in [-0.25, -0.2) is 0 Å². The number of hydrogen-bond acceptors (Lipinski definition) is 3. The number of nitrogens with one attached hydrogen (secondary N) is 1. The standard InChI is InChI=1S/C10H11NO2/c1-12-11-6-8-7-13-10-5-3-2-4-9(8)10/h2-5,7,11H,6H2,1H3. The first-order valence-corrected chi connectivity index (χ1v) is 4.13. The Bertz CT molecular complexity index is 394. The van der Waals surface area contributed by atoms with Gasteiger partial charge in [0, 0.05) is 17.5 Å². The summed E-state index contributed by atoms with van der Waals surface area (Å²) in [6, 6.07) is 7.94. The van der Waals surface area contributed by atoms with E-state index in [0.29, 0.717) is 6.54 Å². The van der Waals surface area contributed by atoms with Gasteiger partial charge in [-0.2, -0.15) is 5.48 Å². The lowest BCUT2D eigenvalue weighted by molar-refractivity contribution is 0.0868. The van der Waals surface area contributed by atoms with Crippen LogP contribution in [0.15, 0.2) is 34.9 Å². The quantitative estimate of drug-likeness (QED) is 0.729. The van der Waals surface area contributed by atoms with Crippen LogP contribution in [0.3, 0.4) is 0 Å². The molecule has 0 saturated carbocycles. The second kappa shape index (κ2) is 3.60. The van der Waals surface area contributed by atoms with Crippen molar-refractivity contribution in [3.05, 3.63) is 36.1 Å². The lowest BCUT2D eigenvalue weighted by atomic mass is 10.2. The average Bonchev–Trinajstić information content (AvgIpc) is 2.58. The van der Waals surface area contributed by atoms with Gasteiger partial charge >= 0.3 is 0 Å². The summed E-state index contributed by atoms with van der Waals surface area (Å²) in [7, 11) is 1.60. The third kappa shape index (κ3) is 1.56. The van der Waals surface area contributed by atoms with E-state index in [1.54, 1.807) is 13.4 Å². The van der Waals surface area contributed by atoms with Crippen molar-refractivity contribution in [3.8, 4) is 0 Å². The lowest BCUT2D eigenvalue weighted by Gasteiger charge is -1.97. The molecule has 13 heavy (non-hydrogen) atoms. The van der Waals surface area contributed by atoms with Crippen LogP contribution in [0.5, 0.6) is 0 Å². The van der Waals surface area contributed by atoms with Crippen LogP contribution in [-0.2, 0) is 11.4 Å². The van der Waals surface area contributed by atoms with E-state index in [1.807, 2.05) is 24.3 Å². The summed E-state index contributed by atoms with van der Waals surface area (Å²) in [6.45, 7) is 0.660. The molecule has 0 atom stereocenters. The van der Waals surface area contributed by atoms with Crippen molar-refractivity contribution < 1.29 is 9.25 Å². The van der Waals surface area contributed by atoms with Gasteiger partial charge < -0.3 is 9.25 Å². The molecule has 68 valence electrons. The molecule has 0 bridgehead atoms. The summed E-state index contributed by atoms with van der Waals surface area (Å²) in [6.07, 6.45) is 1.75. The molecule has 1 N–H and O–H groups in total. The van der Waals surface area contributed by atoms with Crippen LogP contribution in [0.1, 0.15) is 5.56 Å². The minimum absolute atomic E-state index is 0.660. The number of para-hydroxylation sites is 1. The summed E-state index contributed by atoms with van der Waals surface area (Å²) >= 11 is 0. The molecular formula is C10H11NO2. The topological polar surface area (TPSA) is 34.4 Å². The Morgan fingerprint density at radius 2 is 2.23 bits per heavy atom. The van der Waals surface area contributed by atoms with Gasteiger partial charge in [0.2, 0.25) is 0 Å². The Balaban J connectivity index is 2.35. The van der Waals surface area contributed by atoms with E-state index in [2.05, 4.69) is 5.48 Å². The van der Waals surface area contributed by atoms with Crippen LogP contribution in [0.4, 0.5) is 0 Å². The lowest BCUT2D eigenvalue weighted by Crippen LogP contribution is -2.09. The maximum Gasteiger partial charge on any atom is 0.134 e. The highest BCUT2D eigenvalue weighted by molar-refractivity contribution is 5.80. The van der Waals surface area contributed by atoms with Crippen molar-refractivity contribution in [1.82, 2.24) is 5.48 Å². The Labute approximate surface area is 76.3 Å². The van der Waals surface area contributed by atoms with E-state index in [4.69, 9.17) is 9.25 Å². The van der Waals surface area contributed by atoms with Crippen molar-refractivity contribution in [1.29, 1.82) is 0 Å². The van der Waals surface area contributed by atoms with E-state index >= 15 is 0 Å². The molecule has 1 heterocycles. The molecule has 0 spiro atoms. The van der Waals surface area contributed by atoms with Gasteiger partial charge in [-0.3, -0.25) is 0 Å². The van der Waals surface area contributed by atoms with E-state index in [-0.39, 0.29) is 0 Å². The van der Waals surface area contributed by atoms with E-state index in [0.717, 1.165) is 16.5 Å². The fourth-order valence-corrected chi connectivity index (χ4v) is 1.32. The van der Waals surface area contributed by atoms with E-state index < -0.39 is 0 Å². The van der Waals surface area contributed by atoms with Gasteiger partial charge in [0.25, 0.3) is 0 Å². The van der Waals surface area contributed by atoms with Crippen molar-refractivity contribution in [2.75, 3.05) is 7.11 Å². The normalized spacial score (nSPS) is 10.8. The number of hydroxylamine groups is 1. The molecule has 3 heteroatoms. The zero-order valence-electron chi connectivity index (χ0n) is 7.41. The first-order chi connectivity index (χ1) is 6.42. The molecule has 0 saturated heterocycles. The highest BCUT2D eigenvalue weighted by Gasteiger charge is 2.03. The van der Waals surface area contributed by atoms with Gasteiger partial charge in [0.1, 0.15) is 5.58 Å². The van der Waals surface area contributed by atoms with Crippen LogP contribution in [0.2, 0.25) is 0 Å². The molecule has 3 nitrogen and oxygen atoms in total. The predicted octanol–water partition coefficient (Wildman–Crippen LogP) is 2.08. The van der Waals surface area contributed by atoms with Crippen LogP contribution in [-0.4, -0.2) is 7.11 Å². The van der Waals surface area contributed by atoms with Gasteiger partial charge in [0.15, 0.2) is 0 Å². The van der Waals surface area contributed by atoms with Crippen molar-refractivity contribution >= 4 is 11.0 Å². The smallest absolute Gasteiger partial charge is 0.134 e. The van der Waals surface area contributed by atoms with Gasteiger partial charge in [-0.1, -0.05) is 18.2 Å². The van der Waals surface area contributed by atoms with Crippen LogP contribution < -0.4 is 5.48 Å². The monoisotopic (exact) mass is 177 g/mol. The van der Waals surface area contributed by atoms with Crippen LogP contribution in [0, 0.1) is 0 Å². The maximum absolute atomic E-state index is 5.35. The summed E-state index contributed by atoms with van der Waals surface area (Å²) < 4.78 is 5.35. The van der Waals surface area contributed by atoms with Gasteiger partial charge in [-0.15, -0.1) is 0 Å². The highest BCUT2D eigenvalue weighted by Crippen LogP contribution is 2.20. The van der Waals surface area contributed by atoms with E-state index in [9.17, 15) is 0 Å². The van der Waals surface area contributed by atoms with Crippen LogP contribution in [0.25, 0.3) is 11.0 Å². The largest absolute Gasteiger partial charge is 0.464 e. The Kier molecular flexibility index (Phi) is 2.29. The van der Waals surface area contributed by atoms with Gasteiger partial charge in [-0.05, 0) is 6.07 Å². The molecule has 0 unspecified atom stereocenters. The van der Waals surface area contributed by atoms with Gasteiger partial charge in [0.05, 0.1) is 13.4 Å². The Hall–Kier alpha value is -1.32. The predicted molar refractivity (Wildman–Crippen MR) is 50.1 cm³/mol. The molecule has 1 aromatic carbocycles. The zero-order valence-corrected chi connectivity index (χ0v) is 7.41. The van der Waals surface area contributed by atoms with Crippen molar-refractivity contribution in [2.45, 2.75) is 6.54 Å². The summed E-state index contributed by atoms with van der Waals surface area (Å²) in [5.41, 5.74) is 4.80. The maximum atomic E-state index is 5.35. The molecule has 2 aromatic rings. The van der Waals surface area contributed by atoms with Crippen molar-refractivity contribution in [2.24, 2.45) is 0 Å². The highest BCUT2D eigenvalue weighted by atomic mass is 16.6. The number of fused-ring (bicyclic) bond motifs is 1. The molecule has 0 amide bonds. The first kappa shape index (κ1) is 8.29. The SMILES string of the molecule is CONCc1coc2ccccc12. The van der Waals surface area contributed by atoms with Crippen molar-refractivity contribution in [3.63, 3.8) is 0 Å². The summed E-state index contributed by atoms with van der Waals surface area (Å²) in [4.78, 5) is 4.77. The minimum atomic E-state index is 0.660. The number of rotatable bonds is 3. The molecule has 0 aliphatic carbocycles. The first-order valence-electron chi connectivity index (χ1n) is 4.13. The fourth-order valence-electron chi connectivity index (χ4n) is 1.32. The third-order valence-electron chi connectivity index (χ3n) is 1.97. The second-order valence-corrected chi connectivity index (χ2v) is 2.78. The number of benzene rings is 1. The average molecular weight is 177 g/mol. The molecule has 0 aliphatic rings. The van der Waals surface area contributed by atoms with E-state index in [1.165, 1.54) is 0 Å². The molecule has 0 aliphatic heterocycles. The molecular weight excluding hydrogens is 166 g/mol. The number of hydrogen-bond donors (Lipinski definition) is 1.